The number of hydrogen-bond acceptors (Lipinski definition) is 6. The van der Waals surface area contributed by atoms with Crippen LogP contribution in [0.3, 0.4) is 0 Å². The van der Waals surface area contributed by atoms with Gasteiger partial charge in [-0.1, -0.05) is 42.5 Å². The number of methoxy groups -OCH3 is 1. The van der Waals surface area contributed by atoms with Gasteiger partial charge in [0.2, 0.25) is 12.7 Å². The molecule has 2 heterocycles. The Morgan fingerprint density at radius 1 is 1.11 bits per heavy atom. The van der Waals surface area contributed by atoms with Crippen molar-refractivity contribution in [3.8, 4) is 17.2 Å². The normalized spacial score (nSPS) is 13.1. The van der Waals surface area contributed by atoms with E-state index in [9.17, 15) is 9.59 Å². The molecule has 4 aromatic rings. The number of benzene rings is 3. The molecule has 36 heavy (non-hydrogen) atoms. The van der Waals surface area contributed by atoms with Crippen LogP contribution in [0.5, 0.6) is 17.2 Å². The number of ether oxygens (including phenoxy) is 3. The molecular formula is C27H24N4O5. The molecule has 2 amide bonds. The van der Waals surface area contributed by atoms with E-state index in [-0.39, 0.29) is 18.8 Å². The van der Waals surface area contributed by atoms with Crippen LogP contribution in [0.15, 0.2) is 60.7 Å². The molecule has 0 radical (unpaired) electrons. The van der Waals surface area contributed by atoms with Crippen molar-refractivity contribution in [2.75, 3.05) is 13.9 Å². The molecule has 9 heteroatoms. The number of nitrogens with one attached hydrogen (secondary N) is 2. The summed E-state index contributed by atoms with van der Waals surface area (Å²) in [6.45, 7) is 0.206. The quantitative estimate of drug-likeness (QED) is 0.352. The number of carbonyl (C=O) groups is 2. The molecule has 0 aliphatic carbocycles. The summed E-state index contributed by atoms with van der Waals surface area (Å²) in [5.41, 5.74) is 8.92. The fraction of sp³-hybridized carbons (Fsp3) is 0.148. The fourth-order valence-corrected chi connectivity index (χ4v) is 4.12. The minimum absolute atomic E-state index is 0.206. The molecule has 1 aromatic heterocycles. The predicted octanol–water partition coefficient (Wildman–Crippen LogP) is 3.30. The van der Waals surface area contributed by atoms with Gasteiger partial charge >= 0.3 is 0 Å². The third kappa shape index (κ3) is 4.58. The molecule has 4 N–H and O–H groups in total. The lowest BCUT2D eigenvalue weighted by molar-refractivity contribution is -0.119. The molecule has 0 bridgehead atoms. The van der Waals surface area contributed by atoms with Gasteiger partial charge in [0.15, 0.2) is 11.5 Å². The molecule has 1 aliphatic rings. The van der Waals surface area contributed by atoms with E-state index in [0.29, 0.717) is 33.8 Å². The Hall–Kier alpha value is -4.79. The second-order valence-electron chi connectivity index (χ2n) is 8.24. The lowest BCUT2D eigenvalue weighted by atomic mass is 10.0. The van der Waals surface area contributed by atoms with Gasteiger partial charge in [-0.25, -0.2) is 0 Å². The average Bonchev–Trinajstić information content (AvgIpc) is 3.53. The minimum atomic E-state index is -0.880. The second-order valence-corrected chi connectivity index (χ2v) is 8.24. The Bertz CT molecular complexity index is 1460. The summed E-state index contributed by atoms with van der Waals surface area (Å²) < 4.78 is 16.4. The highest BCUT2D eigenvalue weighted by Crippen LogP contribution is 2.34. The Morgan fingerprint density at radius 3 is 2.69 bits per heavy atom. The summed E-state index contributed by atoms with van der Waals surface area (Å²) in [6, 6.07) is 17.5. The summed E-state index contributed by atoms with van der Waals surface area (Å²) in [5.74, 6) is 0.635. The van der Waals surface area contributed by atoms with E-state index in [1.807, 2.05) is 60.7 Å². The van der Waals surface area contributed by atoms with Crippen molar-refractivity contribution < 1.29 is 23.8 Å². The molecule has 0 saturated carbocycles. The monoisotopic (exact) mass is 484 g/mol. The number of nitrogens with zero attached hydrogens (tertiary/aromatic N) is 1. The lowest BCUT2D eigenvalue weighted by Crippen LogP contribution is -2.45. The number of primary amides is 1. The third-order valence-corrected chi connectivity index (χ3v) is 5.92. The maximum absolute atomic E-state index is 13.2. The second kappa shape index (κ2) is 9.83. The average molecular weight is 485 g/mol. The number of fused-ring (bicyclic) bond motifs is 2. The standard InChI is InChI=1S/C27H24N4O5/c1-34-25-18(27(33)29-21(26(28)32)13-16-5-3-2-4-6-16)9-11-20-24(25)19(30-31-20)10-7-17-8-12-22-23(14-17)36-15-35-22/h2-12,14,21H,13,15H2,1H3,(H2,28,32)(H,29,33)(H,30,31)/b10-7+. The number of amides is 2. The van der Waals surface area contributed by atoms with E-state index < -0.39 is 17.9 Å². The van der Waals surface area contributed by atoms with Crippen LogP contribution in [-0.4, -0.2) is 42.0 Å². The van der Waals surface area contributed by atoms with Crippen molar-refractivity contribution in [1.29, 1.82) is 0 Å². The Balaban J connectivity index is 1.43. The lowest BCUT2D eigenvalue weighted by Gasteiger charge is -2.17. The topological polar surface area (TPSA) is 129 Å². The maximum atomic E-state index is 13.2. The maximum Gasteiger partial charge on any atom is 0.255 e. The number of rotatable bonds is 8. The number of aromatic nitrogens is 2. The van der Waals surface area contributed by atoms with Gasteiger partial charge in [0.1, 0.15) is 11.8 Å². The van der Waals surface area contributed by atoms with Crippen LogP contribution >= 0.6 is 0 Å². The van der Waals surface area contributed by atoms with Crippen LogP contribution in [0, 0.1) is 0 Å². The zero-order valence-corrected chi connectivity index (χ0v) is 19.5. The minimum Gasteiger partial charge on any atom is -0.495 e. The van der Waals surface area contributed by atoms with Gasteiger partial charge in [0.05, 0.1) is 29.3 Å². The largest absolute Gasteiger partial charge is 0.495 e. The highest BCUT2D eigenvalue weighted by atomic mass is 16.7. The van der Waals surface area contributed by atoms with Gasteiger partial charge < -0.3 is 25.3 Å². The van der Waals surface area contributed by atoms with Crippen molar-refractivity contribution in [2.45, 2.75) is 12.5 Å². The van der Waals surface area contributed by atoms with Crippen molar-refractivity contribution in [2.24, 2.45) is 5.73 Å². The van der Waals surface area contributed by atoms with Gasteiger partial charge in [0, 0.05) is 6.42 Å². The molecule has 3 aromatic carbocycles. The van der Waals surface area contributed by atoms with Crippen LogP contribution in [0.25, 0.3) is 23.1 Å². The molecule has 182 valence electrons. The zero-order chi connectivity index (χ0) is 25.1. The molecule has 0 spiro atoms. The van der Waals surface area contributed by atoms with Gasteiger partial charge in [-0.2, -0.15) is 5.10 Å². The fourth-order valence-electron chi connectivity index (χ4n) is 4.12. The van der Waals surface area contributed by atoms with Crippen molar-refractivity contribution in [3.63, 3.8) is 0 Å². The first-order chi connectivity index (χ1) is 17.5. The molecule has 9 nitrogen and oxygen atoms in total. The van der Waals surface area contributed by atoms with E-state index in [1.54, 1.807) is 12.1 Å². The summed E-state index contributed by atoms with van der Waals surface area (Å²) in [4.78, 5) is 25.3. The van der Waals surface area contributed by atoms with E-state index in [1.165, 1.54) is 7.11 Å². The number of carbonyl (C=O) groups excluding carboxylic acids is 2. The molecule has 1 atom stereocenters. The first-order valence-electron chi connectivity index (χ1n) is 11.3. The predicted molar refractivity (Wildman–Crippen MR) is 135 cm³/mol. The molecule has 1 unspecified atom stereocenters. The molecule has 0 fully saturated rings. The number of aromatic amines is 1. The molecular weight excluding hydrogens is 460 g/mol. The summed E-state index contributed by atoms with van der Waals surface area (Å²) >= 11 is 0. The summed E-state index contributed by atoms with van der Waals surface area (Å²) in [7, 11) is 1.49. The van der Waals surface area contributed by atoms with Crippen LogP contribution in [0.1, 0.15) is 27.2 Å². The zero-order valence-electron chi connectivity index (χ0n) is 19.5. The van der Waals surface area contributed by atoms with Gasteiger partial charge in [-0.05, 0) is 41.5 Å². The van der Waals surface area contributed by atoms with Crippen molar-refractivity contribution in [1.82, 2.24) is 15.5 Å². The Labute approximate surface area is 206 Å². The smallest absolute Gasteiger partial charge is 0.255 e. The summed E-state index contributed by atoms with van der Waals surface area (Å²) in [6.07, 6.45) is 4.02. The molecule has 5 rings (SSSR count). The van der Waals surface area contributed by atoms with E-state index in [2.05, 4.69) is 15.5 Å². The number of nitrogens with two attached hydrogens (primary N) is 1. The highest BCUT2D eigenvalue weighted by molar-refractivity contribution is 6.06. The summed E-state index contributed by atoms with van der Waals surface area (Å²) in [5, 5.41) is 10.7. The van der Waals surface area contributed by atoms with Crippen LogP contribution in [0.2, 0.25) is 0 Å². The molecule has 0 saturated heterocycles. The van der Waals surface area contributed by atoms with Crippen LogP contribution in [0.4, 0.5) is 0 Å². The third-order valence-electron chi connectivity index (χ3n) is 5.92. The van der Waals surface area contributed by atoms with Crippen LogP contribution in [-0.2, 0) is 11.2 Å². The van der Waals surface area contributed by atoms with Crippen molar-refractivity contribution in [3.05, 3.63) is 83.0 Å². The Morgan fingerprint density at radius 2 is 1.92 bits per heavy atom. The van der Waals surface area contributed by atoms with Crippen LogP contribution < -0.4 is 25.3 Å². The highest BCUT2D eigenvalue weighted by Gasteiger charge is 2.24. The Kier molecular flexibility index (Phi) is 6.27. The van der Waals surface area contributed by atoms with E-state index >= 15 is 0 Å². The molecule has 1 aliphatic heterocycles. The van der Waals surface area contributed by atoms with Gasteiger partial charge in [-0.15, -0.1) is 0 Å². The number of hydrogen-bond donors (Lipinski definition) is 3. The van der Waals surface area contributed by atoms with E-state index in [4.69, 9.17) is 19.9 Å². The SMILES string of the molecule is COc1c(C(=O)NC(Cc2ccccc2)C(N)=O)ccc2n[nH]c(/C=C/c3ccc4c(c3)OCO4)c12. The first kappa shape index (κ1) is 23.0. The van der Waals surface area contributed by atoms with E-state index in [0.717, 1.165) is 11.1 Å². The van der Waals surface area contributed by atoms with Gasteiger partial charge in [-0.3, -0.25) is 14.7 Å². The first-order valence-corrected chi connectivity index (χ1v) is 11.3. The number of H-pyrrole nitrogens is 1. The van der Waals surface area contributed by atoms with Gasteiger partial charge in [0.25, 0.3) is 5.91 Å². The van der Waals surface area contributed by atoms with Crippen molar-refractivity contribution >= 4 is 34.9 Å².